The van der Waals surface area contributed by atoms with E-state index in [4.69, 9.17) is 15.6 Å². The minimum Gasteiger partial charge on any atom is -0.469 e. The van der Waals surface area contributed by atoms with Crippen LogP contribution in [0.4, 0.5) is 0 Å². The molecule has 1 atom stereocenters. The molecule has 0 aliphatic heterocycles. The summed E-state index contributed by atoms with van der Waals surface area (Å²) in [6.45, 7) is 0.472. The number of aliphatic hydroxyl groups excluding tert-OH is 1. The van der Waals surface area contributed by atoms with E-state index in [1.807, 2.05) is 6.07 Å². The van der Waals surface area contributed by atoms with Gasteiger partial charge in [-0.25, -0.2) is 0 Å². The molecule has 0 amide bonds. The summed E-state index contributed by atoms with van der Waals surface area (Å²) in [6, 6.07) is 6.16. The fourth-order valence-corrected chi connectivity index (χ4v) is 2.73. The van der Waals surface area contributed by atoms with Crippen molar-refractivity contribution in [2.45, 2.75) is 19.3 Å². The zero-order chi connectivity index (χ0) is 14.3. The summed E-state index contributed by atoms with van der Waals surface area (Å²) in [4.78, 5) is 11.4. The zero-order valence-electron chi connectivity index (χ0n) is 11.1. The molecular formula is C14H20BrNO3. The van der Waals surface area contributed by atoms with Crippen molar-refractivity contribution < 1.29 is 14.6 Å². The molecule has 0 radical (unpaired) electrons. The Labute approximate surface area is 122 Å². The van der Waals surface area contributed by atoms with Crippen molar-refractivity contribution in [1.29, 1.82) is 0 Å². The first kappa shape index (κ1) is 16.1. The molecule has 0 heterocycles. The van der Waals surface area contributed by atoms with Gasteiger partial charge in [-0.1, -0.05) is 28.1 Å². The molecule has 0 saturated heterocycles. The topological polar surface area (TPSA) is 72.5 Å². The second kappa shape index (κ2) is 8.30. The third-order valence-electron chi connectivity index (χ3n) is 3.09. The highest BCUT2D eigenvalue weighted by molar-refractivity contribution is 9.10. The fourth-order valence-electron chi connectivity index (χ4n) is 2.13. The van der Waals surface area contributed by atoms with Crippen molar-refractivity contribution in [3.63, 3.8) is 0 Å². The van der Waals surface area contributed by atoms with Crippen molar-refractivity contribution in [2.75, 3.05) is 20.3 Å². The number of halogens is 1. The van der Waals surface area contributed by atoms with E-state index in [2.05, 4.69) is 28.1 Å². The summed E-state index contributed by atoms with van der Waals surface area (Å²) >= 11 is 3.54. The maximum absolute atomic E-state index is 11.4. The standard InChI is InChI=1S/C12H13BrO2.C2H7NO/c1-15-12(14)9-5-6-10-8(7-9)3-2-4-11(10)13;3-1-2-4/h2-4,9H,5-7H2,1H3;4H,1-3H2. The summed E-state index contributed by atoms with van der Waals surface area (Å²) in [5.74, 6) is -0.0441. The molecule has 1 aromatic carbocycles. The third-order valence-corrected chi connectivity index (χ3v) is 3.83. The molecule has 3 N–H and O–H groups in total. The van der Waals surface area contributed by atoms with Gasteiger partial charge in [0, 0.05) is 11.0 Å². The Bertz CT molecular complexity index is 421. The predicted octanol–water partition coefficient (Wildman–Crippen LogP) is 1.66. The minimum absolute atomic E-state index is 0.0387. The largest absolute Gasteiger partial charge is 0.469 e. The zero-order valence-corrected chi connectivity index (χ0v) is 12.6. The Morgan fingerprint density at radius 1 is 1.58 bits per heavy atom. The third kappa shape index (κ3) is 4.60. The Balaban J connectivity index is 0.000000399. The number of fused-ring (bicyclic) bond motifs is 1. The number of hydrogen-bond acceptors (Lipinski definition) is 4. The van der Waals surface area contributed by atoms with E-state index in [-0.39, 0.29) is 18.5 Å². The first-order valence-electron chi connectivity index (χ1n) is 6.29. The van der Waals surface area contributed by atoms with Crippen molar-refractivity contribution in [1.82, 2.24) is 0 Å². The van der Waals surface area contributed by atoms with Gasteiger partial charge in [-0.15, -0.1) is 0 Å². The molecule has 19 heavy (non-hydrogen) atoms. The number of carbonyl (C=O) groups is 1. The van der Waals surface area contributed by atoms with Crippen LogP contribution in [-0.4, -0.2) is 31.3 Å². The highest BCUT2D eigenvalue weighted by atomic mass is 79.9. The van der Waals surface area contributed by atoms with E-state index in [0.29, 0.717) is 6.54 Å². The summed E-state index contributed by atoms with van der Waals surface area (Å²) in [6.07, 6.45) is 2.65. The summed E-state index contributed by atoms with van der Waals surface area (Å²) in [5.41, 5.74) is 7.39. The Morgan fingerprint density at radius 3 is 2.84 bits per heavy atom. The van der Waals surface area contributed by atoms with Crippen LogP contribution in [0.1, 0.15) is 17.5 Å². The van der Waals surface area contributed by atoms with Crippen LogP contribution in [0.2, 0.25) is 0 Å². The van der Waals surface area contributed by atoms with E-state index in [1.165, 1.54) is 18.2 Å². The van der Waals surface area contributed by atoms with E-state index in [0.717, 1.165) is 23.7 Å². The summed E-state index contributed by atoms with van der Waals surface area (Å²) in [5, 5.41) is 7.75. The van der Waals surface area contributed by atoms with Crippen molar-refractivity contribution in [3.05, 3.63) is 33.8 Å². The van der Waals surface area contributed by atoms with Crippen molar-refractivity contribution >= 4 is 21.9 Å². The summed E-state index contributed by atoms with van der Waals surface area (Å²) in [7, 11) is 1.46. The number of carbonyl (C=O) groups excluding carboxylic acids is 1. The molecular weight excluding hydrogens is 310 g/mol. The van der Waals surface area contributed by atoms with Gasteiger partial charge >= 0.3 is 5.97 Å². The molecule has 0 spiro atoms. The highest BCUT2D eigenvalue weighted by Gasteiger charge is 2.25. The quantitative estimate of drug-likeness (QED) is 0.809. The van der Waals surface area contributed by atoms with E-state index >= 15 is 0 Å². The van der Waals surface area contributed by atoms with Crippen LogP contribution in [0, 0.1) is 5.92 Å². The van der Waals surface area contributed by atoms with Gasteiger partial charge in [-0.2, -0.15) is 0 Å². The van der Waals surface area contributed by atoms with Crippen LogP contribution in [0.25, 0.3) is 0 Å². The second-order valence-corrected chi connectivity index (χ2v) is 5.21. The molecule has 1 aromatic rings. The lowest BCUT2D eigenvalue weighted by molar-refractivity contribution is -0.145. The first-order valence-corrected chi connectivity index (χ1v) is 7.08. The van der Waals surface area contributed by atoms with Crippen LogP contribution in [0.5, 0.6) is 0 Å². The molecule has 1 aliphatic rings. The first-order chi connectivity index (χ1) is 9.13. The number of aliphatic hydroxyl groups is 1. The molecule has 0 saturated carbocycles. The van der Waals surface area contributed by atoms with Gasteiger partial charge in [-0.05, 0) is 36.5 Å². The summed E-state index contributed by atoms with van der Waals surface area (Å²) < 4.78 is 5.94. The second-order valence-electron chi connectivity index (χ2n) is 4.35. The van der Waals surface area contributed by atoms with Crippen LogP contribution < -0.4 is 5.73 Å². The number of rotatable bonds is 2. The highest BCUT2D eigenvalue weighted by Crippen LogP contribution is 2.31. The average Bonchev–Trinajstić information content (AvgIpc) is 2.46. The molecule has 0 fully saturated rings. The van der Waals surface area contributed by atoms with Crippen LogP contribution >= 0.6 is 15.9 Å². The molecule has 0 bridgehead atoms. The van der Waals surface area contributed by atoms with E-state index < -0.39 is 0 Å². The monoisotopic (exact) mass is 329 g/mol. The fraction of sp³-hybridized carbons (Fsp3) is 0.500. The lowest BCUT2D eigenvalue weighted by Gasteiger charge is -2.23. The average molecular weight is 330 g/mol. The number of nitrogens with two attached hydrogens (primary N) is 1. The maximum Gasteiger partial charge on any atom is 0.309 e. The predicted molar refractivity (Wildman–Crippen MR) is 77.8 cm³/mol. The van der Waals surface area contributed by atoms with Gasteiger partial charge in [-0.3, -0.25) is 4.79 Å². The molecule has 2 rings (SSSR count). The normalized spacial score (nSPS) is 16.9. The van der Waals surface area contributed by atoms with Gasteiger partial charge in [0.1, 0.15) is 0 Å². The van der Waals surface area contributed by atoms with Crippen LogP contribution in [-0.2, 0) is 22.4 Å². The number of ether oxygens (including phenoxy) is 1. The smallest absolute Gasteiger partial charge is 0.309 e. The molecule has 106 valence electrons. The Hall–Kier alpha value is -0.910. The van der Waals surface area contributed by atoms with Crippen molar-refractivity contribution in [3.8, 4) is 0 Å². The molecule has 5 heteroatoms. The Morgan fingerprint density at radius 2 is 2.26 bits per heavy atom. The van der Waals surface area contributed by atoms with Gasteiger partial charge in [0.15, 0.2) is 0 Å². The van der Waals surface area contributed by atoms with Crippen LogP contribution in [0.15, 0.2) is 22.7 Å². The molecule has 4 nitrogen and oxygen atoms in total. The number of hydrogen-bond donors (Lipinski definition) is 2. The molecule has 0 aromatic heterocycles. The number of benzene rings is 1. The van der Waals surface area contributed by atoms with Crippen LogP contribution in [0.3, 0.4) is 0 Å². The van der Waals surface area contributed by atoms with E-state index in [1.54, 1.807) is 0 Å². The van der Waals surface area contributed by atoms with Gasteiger partial charge in [0.25, 0.3) is 0 Å². The molecule has 1 aliphatic carbocycles. The van der Waals surface area contributed by atoms with Gasteiger partial charge < -0.3 is 15.6 Å². The Kier molecular flexibility index (Phi) is 7.05. The minimum atomic E-state index is -0.0828. The maximum atomic E-state index is 11.4. The lowest BCUT2D eigenvalue weighted by Crippen LogP contribution is -2.23. The van der Waals surface area contributed by atoms with Crippen molar-refractivity contribution in [2.24, 2.45) is 11.7 Å². The number of methoxy groups -OCH3 is 1. The SMILES string of the molecule is COC(=O)C1CCc2c(Br)cccc2C1.NCCO. The molecule has 1 unspecified atom stereocenters. The lowest BCUT2D eigenvalue weighted by atomic mass is 9.84. The number of esters is 1. The van der Waals surface area contributed by atoms with Gasteiger partial charge in [0.2, 0.25) is 0 Å². The van der Waals surface area contributed by atoms with Gasteiger partial charge in [0.05, 0.1) is 19.6 Å². The van der Waals surface area contributed by atoms with E-state index in [9.17, 15) is 4.79 Å².